The van der Waals surface area contributed by atoms with Crippen LogP contribution in [0.4, 0.5) is 68.2 Å². The van der Waals surface area contributed by atoms with Crippen LogP contribution in [0.5, 0.6) is 0 Å². The molecule has 0 saturated carbocycles. The minimum absolute atomic E-state index is 0.00361. The van der Waals surface area contributed by atoms with Crippen LogP contribution < -0.4 is 44.1 Å². The van der Waals surface area contributed by atoms with Crippen molar-refractivity contribution in [3.63, 3.8) is 0 Å². The molecule has 0 radical (unpaired) electrons. The van der Waals surface area contributed by atoms with E-state index in [1.807, 2.05) is 185 Å². The molecule has 0 bridgehead atoms. The lowest BCUT2D eigenvalue weighted by atomic mass is 10.1. The summed E-state index contributed by atoms with van der Waals surface area (Å²) in [6.07, 6.45) is 11.7. The van der Waals surface area contributed by atoms with Crippen molar-refractivity contribution in [1.29, 1.82) is 0 Å². The van der Waals surface area contributed by atoms with E-state index < -0.39 is 38.7 Å². The molecule has 0 aliphatic carbocycles. The van der Waals surface area contributed by atoms with Gasteiger partial charge in [0.05, 0.1) is 36.9 Å². The van der Waals surface area contributed by atoms with Crippen molar-refractivity contribution in [2.75, 3.05) is 71.2 Å². The molecule has 8 atom stereocenters. The summed E-state index contributed by atoms with van der Waals surface area (Å²) in [6, 6.07) is 70.3. The lowest BCUT2D eigenvalue weighted by Gasteiger charge is -2.33. The van der Waals surface area contributed by atoms with E-state index in [0.717, 1.165) is 56.6 Å². The molecule has 15 rings (SSSR count). The topological polar surface area (TPSA) is 38.9 Å². The van der Waals surface area contributed by atoms with Gasteiger partial charge in [0, 0.05) is 124 Å². The fourth-order valence-electron chi connectivity index (χ4n) is 14.3. The van der Waals surface area contributed by atoms with Gasteiger partial charge in [0.25, 0.3) is 0 Å². The Hall–Kier alpha value is -10.2. The van der Waals surface area contributed by atoms with Gasteiger partial charge < -0.3 is 58.8 Å². The summed E-state index contributed by atoms with van der Waals surface area (Å²) in [5, 5.41) is 0. The second kappa shape index (κ2) is 33.5. The molecule has 9 aromatic rings. The second-order valence-corrected chi connectivity index (χ2v) is 26.7. The van der Waals surface area contributed by atoms with Crippen LogP contribution in [-0.2, 0) is 0 Å². The zero-order valence-corrected chi connectivity index (χ0v) is 63.1. The lowest BCUT2D eigenvalue weighted by Crippen LogP contribution is -2.42. The Morgan fingerprint density at radius 2 is 0.647 bits per heavy atom. The molecule has 6 heterocycles. The van der Waals surface area contributed by atoms with E-state index in [1.165, 1.54) is 58.9 Å². The van der Waals surface area contributed by atoms with E-state index in [-0.39, 0.29) is 24.7 Å². The molecule has 0 amide bonds. The molecule has 6 aliphatic rings. The average molecular weight is 1380 g/mol. The second-order valence-electron chi connectivity index (χ2n) is 26.7. The number of rotatable bonds is 10. The molecule has 0 fully saturated rings. The van der Waals surface area contributed by atoms with Crippen molar-refractivity contribution in [3.8, 4) is 0 Å². The number of hydrogen-bond acceptors (Lipinski definition) is 12. The van der Waals surface area contributed by atoms with Crippen LogP contribution in [0, 0.1) is 41.5 Å². The summed E-state index contributed by atoms with van der Waals surface area (Å²) in [4.78, 5) is 24.5. The van der Waals surface area contributed by atoms with Crippen LogP contribution in [0.2, 0.25) is 0 Å². The predicted octanol–water partition coefficient (Wildman–Crippen LogP) is 21.8. The lowest BCUT2D eigenvalue weighted by molar-refractivity contribution is 0.263. The third-order valence-corrected chi connectivity index (χ3v) is 20.1. The Balaban J connectivity index is 0.000000146. The third kappa shape index (κ3) is 15.8. The first-order chi connectivity index (χ1) is 53.5. The molecule has 102 heavy (non-hydrogen) atoms. The number of anilines is 12. The van der Waals surface area contributed by atoms with Crippen LogP contribution in [0.15, 0.2) is 256 Å². The minimum atomic E-state index is -2.42. The van der Waals surface area contributed by atoms with Gasteiger partial charge in [-0.3, -0.25) is 0 Å². The molecule has 0 spiro atoms. The summed E-state index contributed by atoms with van der Waals surface area (Å²) in [6.45, 7) is 23.4. The number of hydrogen-bond donors (Lipinski definition) is 0. The quantitative estimate of drug-likeness (QED) is 0.131. The molecule has 0 N–H and O–H groups in total. The van der Waals surface area contributed by atoms with Crippen LogP contribution >= 0.6 is 0 Å². The van der Waals surface area contributed by atoms with Crippen molar-refractivity contribution in [3.05, 3.63) is 289 Å². The average Bonchev–Trinajstić information content (AvgIpc) is 1.58. The Bertz CT molecular complexity index is 4860. The van der Waals surface area contributed by atoms with Crippen LogP contribution in [-0.4, -0.2) is 90.8 Å². The first-order valence-corrected chi connectivity index (χ1v) is 35.5. The first-order valence-electron chi connectivity index (χ1n) is 41.5. The fraction of sp³-hybridized carbons (Fsp3) is 0.333. The summed E-state index contributed by atoms with van der Waals surface area (Å²) in [5.41, 5.74) is 20.5. The summed E-state index contributed by atoms with van der Waals surface area (Å²) >= 11 is 0. The van der Waals surface area contributed by atoms with Gasteiger partial charge in [0.15, 0.2) is 0 Å². The van der Waals surface area contributed by atoms with Crippen molar-refractivity contribution in [2.24, 2.45) is 0 Å². The SMILES string of the molecule is Cc1ccccc1N1C=CN(C)[C@H]1C.Cc1ccccc1N1c2ccccc2N(C)[C@H]1C.[2H]C([2H])(C)N1C=CN(c2ccccc2C)[C@@H]1C.[2H]C([2H])(C)N1c2ccccc2N(c2ccccc2C)[C@@H]1C.[2H]C([2H])([2H])C([2H])(C)N1C=CN(c2ccccc2C)[C@@H]1C.[2H]C([2H])([2H])C([2H])(C)N1c2ccccc2N(c2ccccc2C)[C@@H]1C. The fourth-order valence-corrected chi connectivity index (χ4v) is 14.3. The predicted molar refractivity (Wildman–Crippen MR) is 441 cm³/mol. The van der Waals surface area contributed by atoms with Crippen LogP contribution in [0.3, 0.4) is 0 Å². The van der Waals surface area contributed by atoms with Gasteiger partial charge in [-0.05, 0) is 231 Å². The zero-order valence-electron chi connectivity index (χ0n) is 75.1. The summed E-state index contributed by atoms with van der Waals surface area (Å²) < 4.78 is 94.8. The van der Waals surface area contributed by atoms with Crippen molar-refractivity contribution in [2.45, 2.75) is 174 Å². The number of aryl methyl sites for hydroxylation is 6. The van der Waals surface area contributed by atoms with E-state index in [9.17, 15) is 0 Å². The van der Waals surface area contributed by atoms with E-state index >= 15 is 0 Å². The van der Waals surface area contributed by atoms with Crippen molar-refractivity contribution in [1.82, 2.24) is 14.7 Å². The smallest absolute Gasteiger partial charge is 0.104 e. The Kier molecular flexibility index (Phi) is 19.5. The molecule has 0 aromatic heterocycles. The first kappa shape index (κ1) is 59.5. The maximum absolute atomic E-state index is 8.58. The molecular weight excluding hydrogens is 1250 g/mol. The summed E-state index contributed by atoms with van der Waals surface area (Å²) in [5.74, 6) is 0. The third-order valence-electron chi connectivity index (χ3n) is 20.1. The van der Waals surface area contributed by atoms with Gasteiger partial charge in [0.2, 0.25) is 0 Å². The van der Waals surface area contributed by atoms with Crippen LogP contribution in [0.25, 0.3) is 0 Å². The summed E-state index contributed by atoms with van der Waals surface area (Å²) in [7, 11) is 4.25. The number of nitrogens with zero attached hydrogens (tertiary/aromatic N) is 12. The Morgan fingerprint density at radius 3 is 1.04 bits per heavy atom. The molecule has 12 heteroatoms. The molecule has 0 saturated heterocycles. The van der Waals surface area contributed by atoms with Gasteiger partial charge >= 0.3 is 0 Å². The van der Waals surface area contributed by atoms with E-state index in [1.54, 1.807) is 34.7 Å². The molecule has 2 unspecified atom stereocenters. The van der Waals surface area contributed by atoms with E-state index in [4.69, 9.17) is 16.4 Å². The minimum Gasteiger partial charge on any atom is -0.359 e. The van der Waals surface area contributed by atoms with Gasteiger partial charge in [-0.15, -0.1) is 0 Å². The normalized spacial score (nSPS) is 22.3. The van der Waals surface area contributed by atoms with Crippen molar-refractivity contribution >= 4 is 68.2 Å². The maximum atomic E-state index is 8.58. The highest BCUT2D eigenvalue weighted by Crippen LogP contribution is 2.48. The molecule has 534 valence electrons. The number of fused-ring (bicyclic) bond motifs is 3. The van der Waals surface area contributed by atoms with E-state index in [2.05, 4.69) is 205 Å². The highest BCUT2D eigenvalue weighted by Gasteiger charge is 2.37. The number of para-hydroxylation sites is 12. The van der Waals surface area contributed by atoms with Gasteiger partial charge in [0.1, 0.15) is 37.0 Å². The Morgan fingerprint density at radius 1 is 0.324 bits per heavy atom. The monoisotopic (exact) mass is 1380 g/mol. The standard InChI is InChI=1S/C18H22N2.C17H20N2.C16H18N2.C14H20N2.C13H18N2.C12H16N2/c1-13(2)19-15(4)20(16-10-6-5-9-14(16)3)18-12-8-7-11-17(18)19;1-4-18-14(3)19(15-10-6-5-9-13(15)2)17-12-8-7-11-16(17)18;1-12-8-4-5-9-14(12)18-13(2)17(3)15-10-6-7-11-16(15)18;1-11(2)15-9-10-16(13(15)4)14-8-6-5-7-12(14)3;1-4-14-9-10-15(12(14)3)13-8-6-5-7-11(13)2;1-10-6-4-5-7-12(10)14-9-8-13(3)11(14)2/h5-13,15H,1-4H3;5-12,14H,4H2,1-3H3;4-11,13H,1-3H3;5-11,13H,1-4H3;5-10,12H,4H2,1-3H3;4-9,11H,1-3H3/t15-;14-;2*13-;12-;11-/m111111/s1/i1D3,13D;4D2;;1D3,11D;4D2;/t13?,15-;m;;11?,13-;m;. The zero-order chi connectivity index (χ0) is 83.5. The Labute approximate surface area is 630 Å². The van der Waals surface area contributed by atoms with Gasteiger partial charge in [-0.2, -0.15) is 0 Å². The van der Waals surface area contributed by atoms with Gasteiger partial charge in [-0.25, -0.2) is 0 Å². The number of benzene rings is 9. The highest BCUT2D eigenvalue weighted by atomic mass is 15.4. The largest absolute Gasteiger partial charge is 0.359 e. The van der Waals surface area contributed by atoms with Gasteiger partial charge in [-0.1, -0.05) is 146 Å². The molecule has 6 aliphatic heterocycles. The highest BCUT2D eigenvalue weighted by molar-refractivity contribution is 5.87. The maximum Gasteiger partial charge on any atom is 0.104 e. The molecule has 12 nitrogen and oxygen atoms in total. The van der Waals surface area contributed by atoms with Crippen molar-refractivity contribution < 1.29 is 16.4 Å². The molecule has 9 aromatic carbocycles. The molecular formula is C90H114N12. The van der Waals surface area contributed by atoms with E-state index in [0.29, 0.717) is 12.3 Å². The van der Waals surface area contributed by atoms with Crippen LogP contribution in [0.1, 0.15) is 133 Å².